The summed E-state index contributed by atoms with van der Waals surface area (Å²) in [6.07, 6.45) is 0.546. The maximum atomic E-state index is 13.3. The number of carbonyl (C=O) groups excluding carboxylic acids is 2. The fourth-order valence-electron chi connectivity index (χ4n) is 3.56. The van der Waals surface area contributed by atoms with E-state index >= 15 is 0 Å². The molecule has 1 aliphatic heterocycles. The van der Waals surface area contributed by atoms with E-state index in [1.807, 2.05) is 55.5 Å². The van der Waals surface area contributed by atoms with Gasteiger partial charge in [0, 0.05) is 22.3 Å². The van der Waals surface area contributed by atoms with Crippen LogP contribution >= 0.6 is 23.2 Å². The predicted octanol–water partition coefficient (Wildman–Crippen LogP) is 5.74. The summed E-state index contributed by atoms with van der Waals surface area (Å²) in [5.41, 5.74) is 3.96. The molecule has 156 valence electrons. The third kappa shape index (κ3) is 4.50. The lowest BCUT2D eigenvalue weighted by Gasteiger charge is -2.16. The number of aryl methyl sites for hydroxylation is 1. The van der Waals surface area contributed by atoms with Crippen LogP contribution < -0.4 is 5.32 Å². The van der Waals surface area contributed by atoms with Gasteiger partial charge in [0.1, 0.15) is 5.70 Å². The summed E-state index contributed by atoms with van der Waals surface area (Å²) < 4.78 is 0. The number of nitrogens with zero attached hydrogens (tertiary/aromatic N) is 1. The first-order valence-electron chi connectivity index (χ1n) is 9.87. The summed E-state index contributed by atoms with van der Waals surface area (Å²) in [5, 5.41) is 4.45. The molecule has 0 spiro atoms. The van der Waals surface area contributed by atoms with Crippen molar-refractivity contribution in [2.24, 2.45) is 0 Å². The molecule has 0 aliphatic carbocycles. The first kappa shape index (κ1) is 21.2. The van der Waals surface area contributed by atoms with E-state index in [1.54, 1.807) is 24.3 Å². The molecular weight excluding hydrogens is 431 g/mol. The largest absolute Gasteiger partial charge is 0.350 e. The minimum absolute atomic E-state index is 0.276. The number of hydrogen-bond donors (Lipinski definition) is 1. The monoisotopic (exact) mass is 450 g/mol. The average molecular weight is 451 g/mol. The molecule has 0 bridgehead atoms. The fraction of sp³-hybridized carbons (Fsp3) is 0.120. The lowest BCUT2D eigenvalue weighted by molar-refractivity contribution is -0.136. The summed E-state index contributed by atoms with van der Waals surface area (Å²) in [6, 6.07) is 22.0. The Bertz CT molecular complexity index is 1170. The summed E-state index contributed by atoms with van der Waals surface area (Å²) >= 11 is 12.0. The zero-order chi connectivity index (χ0) is 22.0. The van der Waals surface area contributed by atoms with Crippen molar-refractivity contribution < 1.29 is 9.59 Å². The highest BCUT2D eigenvalue weighted by molar-refractivity contribution is 6.36. The number of hydrogen-bond acceptors (Lipinski definition) is 3. The first-order valence-corrected chi connectivity index (χ1v) is 10.6. The van der Waals surface area contributed by atoms with Gasteiger partial charge in [-0.15, -0.1) is 0 Å². The molecule has 0 saturated carbocycles. The van der Waals surface area contributed by atoms with Crippen molar-refractivity contribution in [2.75, 3.05) is 11.9 Å². The summed E-state index contributed by atoms with van der Waals surface area (Å²) in [7, 11) is 0. The molecule has 0 fully saturated rings. The van der Waals surface area contributed by atoms with Gasteiger partial charge in [-0.2, -0.15) is 0 Å². The molecule has 0 aromatic heterocycles. The van der Waals surface area contributed by atoms with E-state index in [9.17, 15) is 9.59 Å². The second-order valence-corrected chi connectivity index (χ2v) is 8.21. The van der Waals surface area contributed by atoms with Gasteiger partial charge < -0.3 is 5.32 Å². The second kappa shape index (κ2) is 8.96. The molecule has 0 atom stereocenters. The Morgan fingerprint density at radius 2 is 1.52 bits per heavy atom. The van der Waals surface area contributed by atoms with E-state index in [2.05, 4.69) is 5.32 Å². The Labute approximate surface area is 191 Å². The Morgan fingerprint density at radius 3 is 2.19 bits per heavy atom. The van der Waals surface area contributed by atoms with Crippen molar-refractivity contribution in [1.82, 2.24) is 4.90 Å². The third-order valence-corrected chi connectivity index (χ3v) is 5.70. The maximum Gasteiger partial charge on any atom is 0.278 e. The standard InChI is InChI=1S/C25H20Cl2N2O2/c1-16-15-20(27)11-12-21(16)28-23-22(18-5-3-2-4-6-18)24(30)29(25(23)31)14-13-17-7-9-19(26)10-8-17/h2-12,15,28H,13-14H2,1H3. The molecule has 3 aromatic carbocycles. The zero-order valence-electron chi connectivity index (χ0n) is 16.9. The molecule has 1 heterocycles. The quantitative estimate of drug-likeness (QED) is 0.487. The van der Waals surface area contributed by atoms with Crippen LogP contribution in [-0.4, -0.2) is 23.3 Å². The van der Waals surface area contributed by atoms with Crippen LogP contribution in [0.4, 0.5) is 5.69 Å². The van der Waals surface area contributed by atoms with E-state index in [4.69, 9.17) is 23.2 Å². The molecule has 1 N–H and O–H groups in total. The number of benzene rings is 3. The minimum Gasteiger partial charge on any atom is -0.350 e. The number of anilines is 1. The molecule has 6 heteroatoms. The Hall–Kier alpha value is -3.08. The maximum absolute atomic E-state index is 13.3. The van der Waals surface area contributed by atoms with Crippen LogP contribution in [0, 0.1) is 6.92 Å². The van der Waals surface area contributed by atoms with Gasteiger partial charge in [0.05, 0.1) is 5.57 Å². The highest BCUT2D eigenvalue weighted by atomic mass is 35.5. The van der Waals surface area contributed by atoms with Gasteiger partial charge in [0.2, 0.25) is 0 Å². The van der Waals surface area contributed by atoms with Crippen LogP contribution in [0.3, 0.4) is 0 Å². The highest BCUT2D eigenvalue weighted by Gasteiger charge is 2.39. The van der Waals surface area contributed by atoms with Crippen LogP contribution in [-0.2, 0) is 16.0 Å². The van der Waals surface area contributed by atoms with Crippen LogP contribution in [0.1, 0.15) is 16.7 Å². The topological polar surface area (TPSA) is 49.4 Å². The van der Waals surface area contributed by atoms with E-state index in [1.165, 1.54) is 4.90 Å². The van der Waals surface area contributed by atoms with Crippen molar-refractivity contribution >= 4 is 46.3 Å². The van der Waals surface area contributed by atoms with Crippen molar-refractivity contribution in [3.63, 3.8) is 0 Å². The van der Waals surface area contributed by atoms with Gasteiger partial charge in [-0.25, -0.2) is 0 Å². The van der Waals surface area contributed by atoms with Crippen LogP contribution in [0.2, 0.25) is 10.0 Å². The average Bonchev–Trinajstić information content (AvgIpc) is 2.99. The Morgan fingerprint density at radius 1 is 0.839 bits per heavy atom. The van der Waals surface area contributed by atoms with E-state index < -0.39 is 0 Å². The fourth-order valence-corrected chi connectivity index (χ4v) is 3.91. The molecule has 0 saturated heterocycles. The van der Waals surface area contributed by atoms with Gasteiger partial charge in [-0.05, 0) is 60.4 Å². The molecule has 4 nitrogen and oxygen atoms in total. The van der Waals surface area contributed by atoms with Gasteiger partial charge in [-0.1, -0.05) is 65.7 Å². The summed E-state index contributed by atoms with van der Waals surface area (Å²) in [5.74, 6) is -0.647. The van der Waals surface area contributed by atoms with E-state index in [0.717, 1.165) is 16.8 Å². The molecule has 3 aromatic rings. The number of imide groups is 1. The number of amides is 2. The molecule has 31 heavy (non-hydrogen) atoms. The van der Waals surface area contributed by atoms with E-state index in [-0.39, 0.29) is 24.1 Å². The van der Waals surface area contributed by atoms with Crippen molar-refractivity contribution in [2.45, 2.75) is 13.3 Å². The number of rotatable bonds is 6. The normalized spacial score (nSPS) is 13.8. The SMILES string of the molecule is Cc1cc(Cl)ccc1NC1=C(c2ccccc2)C(=O)N(CCc2ccc(Cl)cc2)C1=O. The molecular formula is C25H20Cl2N2O2. The third-order valence-electron chi connectivity index (χ3n) is 5.22. The zero-order valence-corrected chi connectivity index (χ0v) is 18.4. The summed E-state index contributed by atoms with van der Waals surface area (Å²) in [4.78, 5) is 27.9. The second-order valence-electron chi connectivity index (χ2n) is 7.34. The summed E-state index contributed by atoms with van der Waals surface area (Å²) in [6.45, 7) is 2.18. The Balaban J connectivity index is 1.66. The Kier molecular flexibility index (Phi) is 6.12. The van der Waals surface area contributed by atoms with E-state index in [0.29, 0.717) is 27.6 Å². The molecule has 2 amide bonds. The predicted molar refractivity (Wildman–Crippen MR) is 125 cm³/mol. The smallest absolute Gasteiger partial charge is 0.278 e. The van der Waals surface area contributed by atoms with Gasteiger partial charge >= 0.3 is 0 Å². The van der Waals surface area contributed by atoms with Crippen molar-refractivity contribution in [3.05, 3.63) is 105 Å². The number of carbonyl (C=O) groups is 2. The van der Waals surface area contributed by atoms with Crippen LogP contribution in [0.25, 0.3) is 5.57 Å². The molecule has 1 aliphatic rings. The van der Waals surface area contributed by atoms with Gasteiger partial charge in [-0.3, -0.25) is 14.5 Å². The van der Waals surface area contributed by atoms with Crippen molar-refractivity contribution in [1.29, 1.82) is 0 Å². The molecule has 4 rings (SSSR count). The number of halogens is 2. The highest BCUT2D eigenvalue weighted by Crippen LogP contribution is 2.32. The molecule has 0 unspecified atom stereocenters. The first-order chi connectivity index (χ1) is 14.9. The van der Waals surface area contributed by atoms with Gasteiger partial charge in [0.15, 0.2) is 0 Å². The minimum atomic E-state index is -0.341. The van der Waals surface area contributed by atoms with Gasteiger partial charge in [0.25, 0.3) is 11.8 Å². The van der Waals surface area contributed by atoms with Crippen LogP contribution in [0.15, 0.2) is 78.5 Å². The lowest BCUT2D eigenvalue weighted by atomic mass is 10.0. The van der Waals surface area contributed by atoms with Crippen molar-refractivity contribution in [3.8, 4) is 0 Å². The lowest BCUT2D eigenvalue weighted by Crippen LogP contribution is -2.34. The van der Waals surface area contributed by atoms with Crippen LogP contribution in [0.5, 0.6) is 0 Å². The number of nitrogens with one attached hydrogen (secondary N) is 1. The molecule has 0 radical (unpaired) electrons.